The fraction of sp³-hybridized carbons (Fsp3) is 0.240. The second kappa shape index (κ2) is 6.45. The first-order valence-electron chi connectivity index (χ1n) is 9.86. The molecule has 29 heavy (non-hydrogen) atoms. The molecule has 1 heterocycles. The van der Waals surface area contributed by atoms with Crippen LogP contribution in [0.4, 0.5) is 5.69 Å². The third-order valence-electron chi connectivity index (χ3n) is 6.70. The molecule has 3 aromatic carbocycles. The highest BCUT2D eigenvalue weighted by Gasteiger charge is 2.74. The van der Waals surface area contributed by atoms with Gasteiger partial charge in [0.25, 0.3) is 0 Å². The van der Waals surface area contributed by atoms with Gasteiger partial charge in [-0.25, -0.2) is 0 Å². The molecule has 2 atom stereocenters. The summed E-state index contributed by atoms with van der Waals surface area (Å²) in [5.41, 5.74) is 4.36. The molecule has 4 heteroatoms. The van der Waals surface area contributed by atoms with Gasteiger partial charge in [-0.1, -0.05) is 73.1 Å². The number of carbonyl (C=O) groups excluding carboxylic acids is 1. The van der Waals surface area contributed by atoms with Crippen LogP contribution in [-0.4, -0.2) is 11.0 Å². The van der Waals surface area contributed by atoms with Crippen LogP contribution >= 0.6 is 11.6 Å². The monoisotopic (exact) mass is 403 g/mol. The summed E-state index contributed by atoms with van der Waals surface area (Å²) < 4.78 is 0. The highest BCUT2D eigenvalue weighted by molar-refractivity contribution is 6.30. The summed E-state index contributed by atoms with van der Waals surface area (Å²) in [4.78, 5) is 15.7. The molecular weight excluding hydrogens is 382 g/mol. The van der Waals surface area contributed by atoms with E-state index in [4.69, 9.17) is 11.6 Å². The average molecular weight is 404 g/mol. The Morgan fingerprint density at radius 3 is 2.48 bits per heavy atom. The Morgan fingerprint density at radius 2 is 1.72 bits per heavy atom. The molecule has 0 radical (unpaired) electrons. The van der Waals surface area contributed by atoms with Crippen LogP contribution in [0.2, 0.25) is 5.02 Å². The van der Waals surface area contributed by atoms with E-state index >= 15 is 0 Å². The molecule has 3 aromatic rings. The number of hydrogen-bond acceptors (Lipinski definition) is 2. The normalized spacial score (nSPS) is 24.8. The molecule has 146 valence electrons. The standard InChI is InChI=1S/C25H22ClNO2/c1-24(19-9-11-20(26)12-10-19)16-25(24)21-7-2-3-8-22(21)27(23(25)29)14-17-5-4-6-18(13-17)15-28/h2-13,28H,14-16H2,1H3. The summed E-state index contributed by atoms with van der Waals surface area (Å²) >= 11 is 6.09. The zero-order chi connectivity index (χ0) is 20.2. The lowest BCUT2D eigenvalue weighted by Gasteiger charge is -2.21. The van der Waals surface area contributed by atoms with E-state index in [-0.39, 0.29) is 17.9 Å². The number of rotatable bonds is 4. The number of aliphatic hydroxyl groups is 1. The predicted octanol–water partition coefficient (Wildman–Crippen LogP) is 4.98. The third-order valence-corrected chi connectivity index (χ3v) is 6.95. The number of fused-ring (bicyclic) bond motifs is 2. The minimum Gasteiger partial charge on any atom is -0.392 e. The van der Waals surface area contributed by atoms with Crippen molar-refractivity contribution in [3.05, 3.63) is 100 Å². The van der Waals surface area contributed by atoms with Crippen molar-refractivity contribution in [3.63, 3.8) is 0 Å². The van der Waals surface area contributed by atoms with Gasteiger partial charge in [0.2, 0.25) is 5.91 Å². The van der Waals surface area contributed by atoms with E-state index in [9.17, 15) is 9.90 Å². The van der Waals surface area contributed by atoms with E-state index in [0.29, 0.717) is 11.6 Å². The molecule has 1 amide bonds. The van der Waals surface area contributed by atoms with Crippen molar-refractivity contribution < 1.29 is 9.90 Å². The number of nitrogens with zero attached hydrogens (tertiary/aromatic N) is 1. The predicted molar refractivity (Wildman–Crippen MR) is 115 cm³/mol. The minimum absolute atomic E-state index is 0.00303. The first-order valence-corrected chi connectivity index (χ1v) is 10.2. The van der Waals surface area contributed by atoms with Gasteiger partial charge in [0.05, 0.1) is 18.6 Å². The van der Waals surface area contributed by atoms with Crippen LogP contribution < -0.4 is 4.90 Å². The maximum absolute atomic E-state index is 13.8. The summed E-state index contributed by atoms with van der Waals surface area (Å²) in [5, 5.41) is 10.2. The molecule has 0 saturated heterocycles. The highest BCUT2D eigenvalue weighted by atomic mass is 35.5. The van der Waals surface area contributed by atoms with Crippen molar-refractivity contribution in [3.8, 4) is 0 Å². The molecule has 0 aromatic heterocycles. The lowest BCUT2D eigenvalue weighted by molar-refractivity contribution is -0.120. The molecule has 3 nitrogen and oxygen atoms in total. The van der Waals surface area contributed by atoms with Gasteiger partial charge < -0.3 is 10.0 Å². The number of amides is 1. The number of halogens is 1. The number of anilines is 1. The Kier molecular flexibility index (Phi) is 4.09. The Bertz CT molecular complexity index is 1110. The van der Waals surface area contributed by atoms with E-state index in [0.717, 1.165) is 34.4 Å². The fourth-order valence-electron chi connectivity index (χ4n) is 5.05. The maximum atomic E-state index is 13.8. The Balaban J connectivity index is 1.56. The summed E-state index contributed by atoms with van der Waals surface area (Å²) in [7, 11) is 0. The first kappa shape index (κ1) is 18.4. The van der Waals surface area contributed by atoms with E-state index in [1.54, 1.807) is 0 Å². The molecule has 1 N–H and O–H groups in total. The molecule has 1 spiro atoms. The van der Waals surface area contributed by atoms with Crippen LogP contribution in [0.15, 0.2) is 72.8 Å². The SMILES string of the molecule is CC1(c2ccc(Cl)cc2)CC12C(=O)N(Cc1cccc(CO)c1)c1ccccc12. The van der Waals surface area contributed by atoms with Crippen molar-refractivity contribution in [2.45, 2.75) is 37.3 Å². The second-order valence-corrected chi connectivity index (χ2v) is 8.74. The molecule has 5 rings (SSSR count). The molecule has 0 bridgehead atoms. The summed E-state index contributed by atoms with van der Waals surface area (Å²) in [5.74, 6) is 0.158. The first-order chi connectivity index (χ1) is 14.0. The molecular formula is C25H22ClNO2. The number of para-hydroxylation sites is 1. The van der Waals surface area contributed by atoms with Crippen LogP contribution in [0.3, 0.4) is 0 Å². The van der Waals surface area contributed by atoms with Gasteiger partial charge in [-0.15, -0.1) is 0 Å². The van der Waals surface area contributed by atoms with E-state index < -0.39 is 5.41 Å². The molecule has 1 aliphatic carbocycles. The number of benzene rings is 3. The lowest BCUT2D eigenvalue weighted by Crippen LogP contribution is -2.35. The summed E-state index contributed by atoms with van der Waals surface area (Å²) in [6, 6.07) is 23.8. The third kappa shape index (κ3) is 2.58. The Labute approximate surface area is 175 Å². The topological polar surface area (TPSA) is 40.5 Å². The molecule has 2 unspecified atom stereocenters. The Hall–Kier alpha value is -2.62. The van der Waals surface area contributed by atoms with Crippen molar-refractivity contribution in [2.24, 2.45) is 0 Å². The van der Waals surface area contributed by atoms with Gasteiger partial charge in [-0.3, -0.25) is 4.79 Å². The largest absolute Gasteiger partial charge is 0.392 e. The molecule has 1 saturated carbocycles. The van der Waals surface area contributed by atoms with E-state index in [1.165, 1.54) is 0 Å². The maximum Gasteiger partial charge on any atom is 0.238 e. The smallest absolute Gasteiger partial charge is 0.238 e. The second-order valence-electron chi connectivity index (χ2n) is 8.31. The van der Waals surface area contributed by atoms with Crippen LogP contribution in [0.25, 0.3) is 0 Å². The van der Waals surface area contributed by atoms with Crippen molar-refractivity contribution in [1.29, 1.82) is 0 Å². The van der Waals surface area contributed by atoms with Gasteiger partial charge in [0, 0.05) is 16.1 Å². The highest BCUT2D eigenvalue weighted by Crippen LogP contribution is 2.70. The van der Waals surface area contributed by atoms with Crippen molar-refractivity contribution in [2.75, 3.05) is 4.90 Å². The van der Waals surface area contributed by atoms with Crippen LogP contribution in [-0.2, 0) is 28.8 Å². The molecule has 2 aliphatic rings. The van der Waals surface area contributed by atoms with Crippen molar-refractivity contribution in [1.82, 2.24) is 0 Å². The van der Waals surface area contributed by atoms with Gasteiger partial charge in [-0.05, 0) is 46.9 Å². The zero-order valence-electron chi connectivity index (χ0n) is 16.2. The number of carbonyl (C=O) groups is 1. The summed E-state index contributed by atoms with van der Waals surface area (Å²) in [6.07, 6.45) is 0.796. The number of hydrogen-bond donors (Lipinski definition) is 1. The van der Waals surface area contributed by atoms with Gasteiger partial charge in [0.15, 0.2) is 0 Å². The molecule has 1 aliphatic heterocycles. The zero-order valence-corrected chi connectivity index (χ0v) is 17.0. The van der Waals surface area contributed by atoms with E-state index in [1.807, 2.05) is 71.6 Å². The van der Waals surface area contributed by atoms with Crippen LogP contribution in [0, 0.1) is 0 Å². The van der Waals surface area contributed by atoms with Gasteiger partial charge >= 0.3 is 0 Å². The van der Waals surface area contributed by atoms with Crippen LogP contribution in [0.5, 0.6) is 0 Å². The number of aliphatic hydroxyl groups excluding tert-OH is 1. The minimum atomic E-state index is -0.522. The van der Waals surface area contributed by atoms with Crippen LogP contribution in [0.1, 0.15) is 35.6 Å². The Morgan fingerprint density at radius 1 is 1.00 bits per heavy atom. The van der Waals surface area contributed by atoms with Crippen molar-refractivity contribution >= 4 is 23.2 Å². The van der Waals surface area contributed by atoms with Gasteiger partial charge in [0.1, 0.15) is 0 Å². The lowest BCUT2D eigenvalue weighted by atomic mass is 9.83. The molecule has 1 fully saturated rings. The quantitative estimate of drug-likeness (QED) is 0.667. The fourth-order valence-corrected chi connectivity index (χ4v) is 5.17. The summed E-state index contributed by atoms with van der Waals surface area (Å²) in [6.45, 7) is 2.68. The average Bonchev–Trinajstić information content (AvgIpc) is 3.33. The van der Waals surface area contributed by atoms with E-state index in [2.05, 4.69) is 13.0 Å². The van der Waals surface area contributed by atoms with Gasteiger partial charge in [-0.2, -0.15) is 0 Å².